The van der Waals surface area contributed by atoms with Crippen LogP contribution in [-0.2, 0) is 4.79 Å². The largest absolute Gasteiger partial charge is 0.338 e. The standard InChI is InChI=1S/C10H16BrNO/c1-8-4-6-12(7-9(8)2)10(13)3-5-11/h3-7H2,1-2H3. The van der Waals surface area contributed by atoms with E-state index in [0.29, 0.717) is 6.42 Å². The highest BCUT2D eigenvalue weighted by molar-refractivity contribution is 9.09. The Kier molecular flexibility index (Phi) is 3.97. The van der Waals surface area contributed by atoms with Gasteiger partial charge in [0.2, 0.25) is 5.91 Å². The molecule has 0 saturated carbocycles. The second kappa shape index (κ2) is 4.80. The van der Waals surface area contributed by atoms with Crippen molar-refractivity contribution in [2.24, 2.45) is 0 Å². The van der Waals surface area contributed by atoms with Crippen LogP contribution in [0.1, 0.15) is 26.7 Å². The summed E-state index contributed by atoms with van der Waals surface area (Å²) in [5.74, 6) is 0.267. The minimum absolute atomic E-state index is 0.267. The lowest BCUT2D eigenvalue weighted by molar-refractivity contribution is -0.130. The predicted octanol–water partition coefficient (Wildman–Crippen LogP) is 2.34. The molecule has 0 aliphatic carbocycles. The van der Waals surface area contributed by atoms with Crippen LogP contribution >= 0.6 is 15.9 Å². The Morgan fingerprint density at radius 3 is 2.69 bits per heavy atom. The molecule has 0 fully saturated rings. The normalized spacial score (nSPS) is 17.9. The molecule has 1 aliphatic heterocycles. The van der Waals surface area contributed by atoms with Crippen molar-refractivity contribution in [1.29, 1.82) is 0 Å². The fourth-order valence-corrected chi connectivity index (χ4v) is 1.81. The Morgan fingerprint density at radius 1 is 1.46 bits per heavy atom. The van der Waals surface area contributed by atoms with Gasteiger partial charge in [-0.3, -0.25) is 4.79 Å². The van der Waals surface area contributed by atoms with E-state index in [4.69, 9.17) is 0 Å². The molecule has 1 heterocycles. The van der Waals surface area contributed by atoms with E-state index in [1.54, 1.807) is 0 Å². The minimum Gasteiger partial charge on any atom is -0.338 e. The summed E-state index contributed by atoms with van der Waals surface area (Å²) in [6, 6.07) is 0. The molecule has 0 N–H and O–H groups in total. The molecule has 0 aromatic carbocycles. The first-order valence-corrected chi connectivity index (χ1v) is 5.76. The van der Waals surface area contributed by atoms with Crippen molar-refractivity contribution in [2.75, 3.05) is 18.4 Å². The van der Waals surface area contributed by atoms with Crippen molar-refractivity contribution in [3.8, 4) is 0 Å². The van der Waals surface area contributed by atoms with Crippen LogP contribution in [-0.4, -0.2) is 29.2 Å². The number of nitrogens with zero attached hydrogens (tertiary/aromatic N) is 1. The first-order valence-electron chi connectivity index (χ1n) is 4.64. The van der Waals surface area contributed by atoms with Gasteiger partial charge < -0.3 is 4.90 Å². The molecule has 0 aromatic rings. The molecular weight excluding hydrogens is 230 g/mol. The van der Waals surface area contributed by atoms with Gasteiger partial charge in [-0.15, -0.1) is 0 Å². The molecular formula is C10H16BrNO. The summed E-state index contributed by atoms with van der Waals surface area (Å²) in [7, 11) is 0. The third-order valence-corrected chi connectivity index (χ3v) is 2.97. The minimum atomic E-state index is 0.267. The molecule has 0 bridgehead atoms. The zero-order chi connectivity index (χ0) is 9.84. The first-order chi connectivity index (χ1) is 6.15. The van der Waals surface area contributed by atoms with Gasteiger partial charge >= 0.3 is 0 Å². The molecule has 1 aliphatic rings. The number of hydrogen-bond acceptors (Lipinski definition) is 1. The Balaban J connectivity index is 2.53. The summed E-state index contributed by atoms with van der Waals surface area (Å²) >= 11 is 3.28. The molecule has 2 nitrogen and oxygen atoms in total. The van der Waals surface area contributed by atoms with E-state index < -0.39 is 0 Å². The van der Waals surface area contributed by atoms with Crippen molar-refractivity contribution in [2.45, 2.75) is 26.7 Å². The average Bonchev–Trinajstić information content (AvgIpc) is 2.10. The molecule has 0 spiro atoms. The zero-order valence-corrected chi connectivity index (χ0v) is 9.85. The van der Waals surface area contributed by atoms with Gasteiger partial charge in [-0.1, -0.05) is 27.1 Å². The van der Waals surface area contributed by atoms with E-state index in [0.717, 1.165) is 24.8 Å². The highest BCUT2D eigenvalue weighted by Crippen LogP contribution is 2.17. The second-order valence-corrected chi connectivity index (χ2v) is 4.36. The van der Waals surface area contributed by atoms with E-state index in [-0.39, 0.29) is 5.91 Å². The molecule has 0 radical (unpaired) electrons. The van der Waals surface area contributed by atoms with Crippen molar-refractivity contribution < 1.29 is 4.79 Å². The number of amides is 1. The Morgan fingerprint density at radius 2 is 2.15 bits per heavy atom. The third-order valence-electron chi connectivity index (χ3n) is 2.57. The lowest BCUT2D eigenvalue weighted by atomic mass is 10.0. The average molecular weight is 246 g/mol. The van der Waals surface area contributed by atoms with Gasteiger partial charge in [0.1, 0.15) is 0 Å². The lowest BCUT2D eigenvalue weighted by Gasteiger charge is -2.28. The molecule has 0 aromatic heterocycles. The van der Waals surface area contributed by atoms with Gasteiger partial charge in [0.05, 0.1) is 0 Å². The molecule has 1 amide bonds. The molecule has 0 saturated heterocycles. The van der Waals surface area contributed by atoms with E-state index in [9.17, 15) is 4.79 Å². The summed E-state index contributed by atoms with van der Waals surface area (Å²) in [5.41, 5.74) is 2.80. The number of carbonyl (C=O) groups is 1. The number of rotatable bonds is 2. The number of halogens is 1. The monoisotopic (exact) mass is 245 g/mol. The van der Waals surface area contributed by atoms with Crippen molar-refractivity contribution >= 4 is 21.8 Å². The molecule has 1 rings (SSSR count). The molecule has 0 unspecified atom stereocenters. The molecule has 13 heavy (non-hydrogen) atoms. The van der Waals surface area contributed by atoms with Crippen LogP contribution in [0.3, 0.4) is 0 Å². The van der Waals surface area contributed by atoms with Crippen LogP contribution in [0.2, 0.25) is 0 Å². The molecule has 74 valence electrons. The molecule has 3 heteroatoms. The SMILES string of the molecule is CC1=C(C)CN(C(=O)CCBr)CC1. The maximum atomic E-state index is 11.5. The van der Waals surface area contributed by atoms with Crippen molar-refractivity contribution in [1.82, 2.24) is 4.90 Å². The maximum absolute atomic E-state index is 11.5. The van der Waals surface area contributed by atoms with Crippen molar-refractivity contribution in [3.63, 3.8) is 0 Å². The van der Waals surface area contributed by atoms with E-state index in [2.05, 4.69) is 29.8 Å². The van der Waals surface area contributed by atoms with Gasteiger partial charge in [-0.05, 0) is 20.3 Å². The van der Waals surface area contributed by atoms with Crippen LogP contribution in [0.25, 0.3) is 0 Å². The van der Waals surface area contributed by atoms with Crippen LogP contribution in [0.4, 0.5) is 0 Å². The van der Waals surface area contributed by atoms with Crippen LogP contribution in [0, 0.1) is 0 Å². The fraction of sp³-hybridized carbons (Fsp3) is 0.700. The number of alkyl halides is 1. The summed E-state index contributed by atoms with van der Waals surface area (Å²) in [6.45, 7) is 6.00. The van der Waals surface area contributed by atoms with Crippen LogP contribution < -0.4 is 0 Å². The van der Waals surface area contributed by atoms with Gasteiger partial charge in [0.15, 0.2) is 0 Å². The summed E-state index contributed by atoms with van der Waals surface area (Å²) in [5, 5.41) is 0.768. The quantitative estimate of drug-likeness (QED) is 0.541. The van der Waals surface area contributed by atoms with Gasteiger partial charge in [0.25, 0.3) is 0 Å². The van der Waals surface area contributed by atoms with Crippen LogP contribution in [0.15, 0.2) is 11.1 Å². The topological polar surface area (TPSA) is 20.3 Å². The Bertz CT molecular complexity index is 235. The molecule has 0 atom stereocenters. The first kappa shape index (κ1) is 10.8. The Labute approximate surface area is 88.1 Å². The second-order valence-electron chi connectivity index (χ2n) is 3.56. The number of hydrogen-bond donors (Lipinski definition) is 0. The highest BCUT2D eigenvalue weighted by atomic mass is 79.9. The van der Waals surface area contributed by atoms with E-state index in [1.807, 2.05) is 4.90 Å². The fourth-order valence-electron chi connectivity index (χ4n) is 1.47. The summed E-state index contributed by atoms with van der Waals surface area (Å²) < 4.78 is 0. The van der Waals surface area contributed by atoms with E-state index >= 15 is 0 Å². The van der Waals surface area contributed by atoms with Gasteiger partial charge in [0, 0.05) is 24.8 Å². The number of carbonyl (C=O) groups excluding carboxylic acids is 1. The van der Waals surface area contributed by atoms with Crippen molar-refractivity contribution in [3.05, 3.63) is 11.1 Å². The smallest absolute Gasteiger partial charge is 0.223 e. The van der Waals surface area contributed by atoms with Gasteiger partial charge in [-0.2, -0.15) is 0 Å². The van der Waals surface area contributed by atoms with Gasteiger partial charge in [-0.25, -0.2) is 0 Å². The van der Waals surface area contributed by atoms with E-state index in [1.165, 1.54) is 11.1 Å². The highest BCUT2D eigenvalue weighted by Gasteiger charge is 2.17. The third kappa shape index (κ3) is 2.83. The zero-order valence-electron chi connectivity index (χ0n) is 8.27. The van der Waals surface area contributed by atoms with Crippen LogP contribution in [0.5, 0.6) is 0 Å². The Hall–Kier alpha value is -0.310. The predicted molar refractivity (Wildman–Crippen MR) is 58.0 cm³/mol. The summed E-state index contributed by atoms with van der Waals surface area (Å²) in [6.07, 6.45) is 1.66. The maximum Gasteiger partial charge on any atom is 0.223 e. The summed E-state index contributed by atoms with van der Waals surface area (Å²) in [4.78, 5) is 13.5. The lowest BCUT2D eigenvalue weighted by Crippen LogP contribution is -2.36.